The second-order valence-electron chi connectivity index (χ2n) is 6.80. The van der Waals surface area contributed by atoms with Gasteiger partial charge in [-0.3, -0.25) is 24.0 Å². The number of carbonyl (C=O) groups excluding carboxylic acids is 5. The lowest BCUT2D eigenvalue weighted by atomic mass is 9.98. The first kappa shape index (κ1) is 25.0. The van der Waals surface area contributed by atoms with E-state index in [0.717, 1.165) is 20.8 Å². The third-order valence-corrected chi connectivity index (χ3v) is 4.14. The minimum Gasteiger partial charge on any atom is -0.463 e. The van der Waals surface area contributed by atoms with Crippen LogP contribution in [0, 0.1) is 0 Å². The minimum absolute atomic E-state index is 0.0742. The SMILES string of the molecule is CC(=O)OC[C@H]1O[C@@H](OCc2ccc(C=O)o2)[C@H](OC(C)=O)[C@@H](OC(C)=O)[C@@H]1OC(C)=O. The fourth-order valence-corrected chi connectivity index (χ4v) is 3.02. The Morgan fingerprint density at radius 1 is 0.875 bits per heavy atom. The Hall–Kier alpha value is -3.25. The lowest BCUT2D eigenvalue weighted by Crippen LogP contribution is -2.62. The predicted molar refractivity (Wildman–Crippen MR) is 101 cm³/mol. The molecule has 0 aromatic carbocycles. The van der Waals surface area contributed by atoms with E-state index in [2.05, 4.69) is 0 Å². The highest BCUT2D eigenvalue weighted by molar-refractivity contribution is 5.70. The highest BCUT2D eigenvalue weighted by Gasteiger charge is 2.52. The van der Waals surface area contributed by atoms with Gasteiger partial charge in [0.15, 0.2) is 36.6 Å². The molecule has 1 fully saturated rings. The number of hydrogen-bond acceptors (Lipinski definition) is 12. The molecule has 0 saturated carbocycles. The van der Waals surface area contributed by atoms with Gasteiger partial charge in [0.05, 0.1) is 0 Å². The van der Waals surface area contributed by atoms with Crippen molar-refractivity contribution in [2.75, 3.05) is 6.61 Å². The zero-order valence-electron chi connectivity index (χ0n) is 17.9. The second-order valence-corrected chi connectivity index (χ2v) is 6.80. The van der Waals surface area contributed by atoms with E-state index in [-0.39, 0.29) is 24.7 Å². The quantitative estimate of drug-likeness (QED) is 0.292. The van der Waals surface area contributed by atoms with Crippen LogP contribution >= 0.6 is 0 Å². The number of carbonyl (C=O) groups is 5. The van der Waals surface area contributed by atoms with Crippen LogP contribution < -0.4 is 0 Å². The van der Waals surface area contributed by atoms with Crippen molar-refractivity contribution < 1.29 is 56.8 Å². The first-order valence-corrected chi connectivity index (χ1v) is 9.56. The van der Waals surface area contributed by atoms with Gasteiger partial charge in [0.2, 0.25) is 0 Å². The summed E-state index contributed by atoms with van der Waals surface area (Å²) >= 11 is 0. The predicted octanol–water partition coefficient (Wildman–Crippen LogP) is 0.692. The van der Waals surface area contributed by atoms with Crippen molar-refractivity contribution in [2.45, 2.75) is 65.0 Å². The summed E-state index contributed by atoms with van der Waals surface area (Å²) in [5.74, 6) is -2.52. The van der Waals surface area contributed by atoms with Crippen molar-refractivity contribution in [3.63, 3.8) is 0 Å². The molecule has 1 aromatic rings. The maximum atomic E-state index is 11.8. The Labute approximate surface area is 183 Å². The third-order valence-electron chi connectivity index (χ3n) is 4.14. The molecule has 0 aliphatic carbocycles. The Balaban J connectivity index is 2.34. The molecule has 0 N–H and O–H groups in total. The molecule has 32 heavy (non-hydrogen) atoms. The van der Waals surface area contributed by atoms with E-state index in [1.165, 1.54) is 19.1 Å². The second kappa shape index (κ2) is 11.4. The molecule has 5 atom stereocenters. The van der Waals surface area contributed by atoms with E-state index in [9.17, 15) is 24.0 Å². The summed E-state index contributed by atoms with van der Waals surface area (Å²) in [5, 5.41) is 0. The number of esters is 4. The molecule has 12 heteroatoms. The zero-order chi connectivity index (χ0) is 23.8. The van der Waals surface area contributed by atoms with Crippen LogP contribution in [0.15, 0.2) is 16.5 Å². The van der Waals surface area contributed by atoms with Crippen molar-refractivity contribution in [1.82, 2.24) is 0 Å². The van der Waals surface area contributed by atoms with Gasteiger partial charge in [-0.25, -0.2) is 0 Å². The third kappa shape index (κ3) is 7.17. The van der Waals surface area contributed by atoms with Gasteiger partial charge in [0.25, 0.3) is 0 Å². The van der Waals surface area contributed by atoms with Crippen LogP contribution in [0.4, 0.5) is 0 Å². The van der Waals surface area contributed by atoms with Gasteiger partial charge in [-0.05, 0) is 12.1 Å². The summed E-state index contributed by atoms with van der Waals surface area (Å²) < 4.78 is 37.5. The van der Waals surface area contributed by atoms with E-state index >= 15 is 0 Å². The van der Waals surface area contributed by atoms with Gasteiger partial charge in [0.1, 0.15) is 25.1 Å². The molecule has 1 saturated heterocycles. The fraction of sp³-hybridized carbons (Fsp3) is 0.550. The smallest absolute Gasteiger partial charge is 0.303 e. The van der Waals surface area contributed by atoms with Crippen molar-refractivity contribution in [1.29, 1.82) is 0 Å². The van der Waals surface area contributed by atoms with Crippen LogP contribution in [-0.4, -0.2) is 67.5 Å². The lowest BCUT2D eigenvalue weighted by Gasteiger charge is -2.43. The molecule has 0 spiro atoms. The highest BCUT2D eigenvalue weighted by atomic mass is 16.7. The van der Waals surface area contributed by atoms with Gasteiger partial charge in [-0.1, -0.05) is 0 Å². The molecule has 1 aliphatic rings. The van der Waals surface area contributed by atoms with Crippen LogP contribution in [0.25, 0.3) is 0 Å². The van der Waals surface area contributed by atoms with E-state index in [1.807, 2.05) is 0 Å². The van der Waals surface area contributed by atoms with E-state index in [1.54, 1.807) is 0 Å². The maximum Gasteiger partial charge on any atom is 0.303 e. The molecular weight excluding hydrogens is 432 g/mol. The normalized spacial score (nSPS) is 24.8. The average molecular weight is 456 g/mol. The van der Waals surface area contributed by atoms with E-state index in [0.29, 0.717) is 6.29 Å². The Kier molecular flexibility index (Phi) is 8.91. The summed E-state index contributed by atoms with van der Waals surface area (Å²) in [6.45, 7) is 3.96. The van der Waals surface area contributed by atoms with Crippen LogP contribution in [-0.2, 0) is 54.2 Å². The molecular formula is C20H24O12. The molecule has 1 aliphatic heterocycles. The lowest BCUT2D eigenvalue weighted by molar-refractivity contribution is -0.311. The number of ether oxygens (including phenoxy) is 6. The topological polar surface area (TPSA) is 154 Å². The number of rotatable bonds is 9. The summed E-state index contributed by atoms with van der Waals surface area (Å²) in [7, 11) is 0. The van der Waals surface area contributed by atoms with Crippen LogP contribution in [0.1, 0.15) is 44.0 Å². The van der Waals surface area contributed by atoms with Gasteiger partial charge >= 0.3 is 23.9 Å². The van der Waals surface area contributed by atoms with Gasteiger partial charge in [-0.15, -0.1) is 0 Å². The van der Waals surface area contributed by atoms with Gasteiger partial charge in [0, 0.05) is 27.7 Å². The van der Waals surface area contributed by atoms with Crippen molar-refractivity contribution in [3.8, 4) is 0 Å². The molecule has 0 amide bonds. The largest absolute Gasteiger partial charge is 0.463 e. The molecule has 1 aromatic heterocycles. The monoisotopic (exact) mass is 456 g/mol. The number of furan rings is 1. The van der Waals surface area contributed by atoms with Crippen molar-refractivity contribution in [3.05, 3.63) is 23.7 Å². The Morgan fingerprint density at radius 2 is 1.47 bits per heavy atom. The highest BCUT2D eigenvalue weighted by Crippen LogP contribution is 2.30. The van der Waals surface area contributed by atoms with Crippen LogP contribution in [0.3, 0.4) is 0 Å². The van der Waals surface area contributed by atoms with Crippen molar-refractivity contribution in [2.24, 2.45) is 0 Å². The number of aldehydes is 1. The van der Waals surface area contributed by atoms with E-state index < -0.39 is 54.6 Å². The molecule has 0 unspecified atom stereocenters. The summed E-state index contributed by atoms with van der Waals surface area (Å²) in [6.07, 6.45) is -5.88. The molecule has 12 nitrogen and oxygen atoms in total. The molecule has 0 radical (unpaired) electrons. The first-order chi connectivity index (χ1) is 15.1. The molecule has 176 valence electrons. The molecule has 2 heterocycles. The average Bonchev–Trinajstić information content (AvgIpc) is 3.15. The summed E-state index contributed by atoms with van der Waals surface area (Å²) in [6, 6.07) is 2.92. The van der Waals surface area contributed by atoms with Gasteiger partial charge in [-0.2, -0.15) is 0 Å². The van der Waals surface area contributed by atoms with E-state index in [4.69, 9.17) is 32.8 Å². The van der Waals surface area contributed by atoms with Gasteiger partial charge < -0.3 is 32.8 Å². The Bertz CT molecular complexity index is 843. The van der Waals surface area contributed by atoms with Crippen LogP contribution in [0.2, 0.25) is 0 Å². The Morgan fingerprint density at radius 3 is 2.00 bits per heavy atom. The maximum absolute atomic E-state index is 11.8. The number of hydrogen-bond donors (Lipinski definition) is 0. The minimum atomic E-state index is -1.34. The first-order valence-electron chi connectivity index (χ1n) is 9.56. The molecule has 0 bridgehead atoms. The zero-order valence-corrected chi connectivity index (χ0v) is 17.9. The van der Waals surface area contributed by atoms with Crippen LogP contribution in [0.5, 0.6) is 0 Å². The summed E-state index contributed by atoms with van der Waals surface area (Å²) in [4.78, 5) is 57.2. The summed E-state index contributed by atoms with van der Waals surface area (Å²) in [5.41, 5.74) is 0. The standard InChI is InChI=1S/C20H24O12/c1-10(22)26-9-16-17(28-11(2)23)18(29-12(3)24)19(30-13(4)25)20(32-16)27-8-15-6-5-14(7-21)31-15/h5-7,16-20H,8-9H2,1-4H3/t16-,17-,18+,19-,20-/m1/s1. The fourth-order valence-electron chi connectivity index (χ4n) is 3.02. The molecule has 2 rings (SSSR count). The van der Waals surface area contributed by atoms with Crippen molar-refractivity contribution >= 4 is 30.2 Å².